The molecule has 0 aliphatic carbocycles. The van der Waals surface area contributed by atoms with Crippen molar-refractivity contribution in [2.24, 2.45) is 0 Å². The molecule has 0 fully saturated rings. The molecule has 1 heterocycles. The Morgan fingerprint density at radius 2 is 1.81 bits per heavy atom. The number of ether oxygens (including phenoxy) is 1. The molecule has 3 aromatic rings. The Balaban J connectivity index is 1.83. The van der Waals surface area contributed by atoms with E-state index in [1.807, 2.05) is 32.0 Å². The number of carbonyl (C=O) groups excluding carboxylic acids is 2. The number of nitrogens with zero attached hydrogens (tertiary/aromatic N) is 2. The van der Waals surface area contributed by atoms with Crippen LogP contribution in [0, 0.1) is 13.8 Å². The maximum Gasteiger partial charge on any atom is 0.255 e. The van der Waals surface area contributed by atoms with Gasteiger partial charge in [-0.25, -0.2) is 0 Å². The van der Waals surface area contributed by atoms with Crippen molar-refractivity contribution in [3.05, 3.63) is 63.8 Å². The minimum atomic E-state index is -0.229. The largest absolute Gasteiger partial charge is 0.383 e. The monoisotopic (exact) mass is 455 g/mol. The van der Waals surface area contributed by atoms with Crippen LogP contribution in [0.2, 0.25) is 5.02 Å². The highest BCUT2D eigenvalue weighted by molar-refractivity contribution is 6.34. The van der Waals surface area contributed by atoms with Crippen molar-refractivity contribution < 1.29 is 14.3 Å². The highest BCUT2D eigenvalue weighted by atomic mass is 35.5. The Bertz CT molecular complexity index is 1150. The van der Waals surface area contributed by atoms with Gasteiger partial charge < -0.3 is 19.5 Å². The lowest BCUT2D eigenvalue weighted by molar-refractivity contribution is 0.0773. The van der Waals surface area contributed by atoms with Crippen molar-refractivity contribution in [1.82, 2.24) is 9.47 Å². The predicted octanol–water partition coefficient (Wildman–Crippen LogP) is 5.29. The predicted molar refractivity (Wildman–Crippen MR) is 130 cm³/mol. The van der Waals surface area contributed by atoms with Crippen LogP contribution >= 0.6 is 11.6 Å². The number of carbonyl (C=O) groups is 2. The lowest BCUT2D eigenvalue weighted by Gasteiger charge is -2.19. The summed E-state index contributed by atoms with van der Waals surface area (Å²) in [5, 5.41) is 4.25. The number of anilines is 1. The molecular weight excluding hydrogens is 426 g/mol. The van der Waals surface area contributed by atoms with E-state index < -0.39 is 0 Å². The molecule has 0 aliphatic rings. The summed E-state index contributed by atoms with van der Waals surface area (Å²) in [7, 11) is 1.69. The molecule has 1 N–H and O–H groups in total. The number of amides is 2. The Hall–Kier alpha value is -2.83. The quantitative estimate of drug-likeness (QED) is 0.501. The number of benzene rings is 2. The molecule has 0 unspecified atom stereocenters. The van der Waals surface area contributed by atoms with Gasteiger partial charge in [-0.15, -0.1) is 0 Å². The van der Waals surface area contributed by atoms with Crippen molar-refractivity contribution in [3.8, 4) is 0 Å². The first-order valence-electron chi connectivity index (χ1n) is 10.8. The number of aromatic nitrogens is 1. The van der Waals surface area contributed by atoms with Gasteiger partial charge in [-0.05, 0) is 69.7 Å². The van der Waals surface area contributed by atoms with E-state index in [-0.39, 0.29) is 11.8 Å². The maximum absolute atomic E-state index is 12.9. The third-order valence-corrected chi connectivity index (χ3v) is 6.24. The van der Waals surface area contributed by atoms with Crippen molar-refractivity contribution in [3.63, 3.8) is 0 Å². The van der Waals surface area contributed by atoms with Gasteiger partial charge in [0.15, 0.2) is 0 Å². The van der Waals surface area contributed by atoms with Crippen LogP contribution in [0.4, 0.5) is 5.69 Å². The summed E-state index contributed by atoms with van der Waals surface area (Å²) in [6.07, 6.45) is 0. The van der Waals surface area contributed by atoms with Crippen molar-refractivity contribution in [1.29, 1.82) is 0 Å². The van der Waals surface area contributed by atoms with Gasteiger partial charge >= 0.3 is 0 Å². The van der Waals surface area contributed by atoms with Gasteiger partial charge in [-0.3, -0.25) is 9.59 Å². The lowest BCUT2D eigenvalue weighted by atomic mass is 10.1. The highest BCUT2D eigenvalue weighted by Gasteiger charge is 2.18. The molecule has 0 atom stereocenters. The van der Waals surface area contributed by atoms with E-state index in [4.69, 9.17) is 16.3 Å². The summed E-state index contributed by atoms with van der Waals surface area (Å²) in [6, 6.07) is 10.7. The van der Waals surface area contributed by atoms with Crippen LogP contribution in [0.3, 0.4) is 0 Å². The minimum absolute atomic E-state index is 0.118. The van der Waals surface area contributed by atoms with Gasteiger partial charge in [-0.2, -0.15) is 0 Å². The second-order valence-electron chi connectivity index (χ2n) is 7.71. The maximum atomic E-state index is 12.9. The molecule has 2 aromatic carbocycles. The first kappa shape index (κ1) is 23.8. The fourth-order valence-corrected chi connectivity index (χ4v) is 4.17. The van der Waals surface area contributed by atoms with Crippen molar-refractivity contribution >= 4 is 40.0 Å². The van der Waals surface area contributed by atoms with Gasteiger partial charge in [0.25, 0.3) is 11.8 Å². The Morgan fingerprint density at radius 3 is 2.44 bits per heavy atom. The van der Waals surface area contributed by atoms with Gasteiger partial charge in [0, 0.05) is 54.6 Å². The van der Waals surface area contributed by atoms with Gasteiger partial charge in [0.05, 0.1) is 17.2 Å². The molecule has 0 spiro atoms. The van der Waals surface area contributed by atoms with Crippen LogP contribution in [0.1, 0.15) is 45.8 Å². The SMILES string of the molecule is CCN(CC)C(=O)c1ccc(NC(=O)c2ccc3c(c2)c(C)c(C)n3CCOC)cc1Cl. The van der Waals surface area contributed by atoms with Crippen LogP contribution in [0.25, 0.3) is 10.9 Å². The third-order valence-electron chi connectivity index (χ3n) is 5.93. The number of fused-ring (bicyclic) bond motifs is 1. The Kier molecular flexibility index (Phi) is 7.59. The summed E-state index contributed by atoms with van der Waals surface area (Å²) in [5.74, 6) is -0.348. The molecule has 0 bridgehead atoms. The van der Waals surface area contributed by atoms with E-state index in [0.717, 1.165) is 28.7 Å². The number of hydrogen-bond acceptors (Lipinski definition) is 3. The summed E-state index contributed by atoms with van der Waals surface area (Å²) in [6.45, 7) is 10.6. The lowest BCUT2D eigenvalue weighted by Crippen LogP contribution is -2.30. The van der Waals surface area contributed by atoms with Gasteiger partial charge in [-0.1, -0.05) is 11.6 Å². The summed E-state index contributed by atoms with van der Waals surface area (Å²) in [5.41, 5.74) is 4.92. The molecule has 7 heteroatoms. The average molecular weight is 456 g/mol. The second kappa shape index (κ2) is 10.2. The number of methoxy groups -OCH3 is 1. The summed E-state index contributed by atoms with van der Waals surface area (Å²) < 4.78 is 7.44. The fraction of sp³-hybridized carbons (Fsp3) is 0.360. The van der Waals surface area contributed by atoms with Gasteiger partial charge in [0.1, 0.15) is 0 Å². The molecule has 2 amide bonds. The highest BCUT2D eigenvalue weighted by Crippen LogP contribution is 2.27. The van der Waals surface area contributed by atoms with E-state index >= 15 is 0 Å². The topological polar surface area (TPSA) is 63.6 Å². The van der Waals surface area contributed by atoms with E-state index in [0.29, 0.717) is 41.5 Å². The zero-order valence-corrected chi connectivity index (χ0v) is 20.0. The van der Waals surface area contributed by atoms with Crippen LogP contribution in [-0.4, -0.2) is 48.1 Å². The van der Waals surface area contributed by atoms with E-state index in [1.54, 1.807) is 30.2 Å². The van der Waals surface area contributed by atoms with E-state index in [1.165, 1.54) is 0 Å². The standard InChI is InChI=1S/C25H30ClN3O3/c1-6-28(7-2)25(31)20-10-9-19(15-22(20)26)27-24(30)18-8-11-23-21(14-18)16(3)17(4)29(23)12-13-32-5/h8-11,14-15H,6-7,12-13H2,1-5H3,(H,27,30). The molecule has 1 aromatic heterocycles. The molecule has 0 saturated carbocycles. The number of halogens is 1. The van der Waals surface area contributed by atoms with Crippen LogP contribution < -0.4 is 5.32 Å². The molecule has 32 heavy (non-hydrogen) atoms. The van der Waals surface area contributed by atoms with Crippen LogP contribution in [0.15, 0.2) is 36.4 Å². The van der Waals surface area contributed by atoms with E-state index in [9.17, 15) is 9.59 Å². The first-order valence-corrected chi connectivity index (χ1v) is 11.2. The fourth-order valence-electron chi connectivity index (χ4n) is 3.91. The average Bonchev–Trinajstić information content (AvgIpc) is 3.02. The molecule has 0 saturated heterocycles. The zero-order chi connectivity index (χ0) is 23.4. The normalized spacial score (nSPS) is 11.1. The van der Waals surface area contributed by atoms with Crippen molar-refractivity contribution in [2.75, 3.05) is 32.1 Å². The zero-order valence-electron chi connectivity index (χ0n) is 19.3. The van der Waals surface area contributed by atoms with Crippen molar-refractivity contribution in [2.45, 2.75) is 34.2 Å². The first-order chi connectivity index (χ1) is 15.3. The number of aryl methyl sites for hydroxylation is 1. The van der Waals surface area contributed by atoms with Crippen LogP contribution in [0.5, 0.6) is 0 Å². The molecular formula is C25H30ClN3O3. The smallest absolute Gasteiger partial charge is 0.255 e. The number of rotatable bonds is 8. The third kappa shape index (κ3) is 4.66. The summed E-state index contributed by atoms with van der Waals surface area (Å²) >= 11 is 6.36. The number of nitrogens with one attached hydrogen (secondary N) is 1. The molecule has 0 aliphatic heterocycles. The molecule has 170 valence electrons. The minimum Gasteiger partial charge on any atom is -0.383 e. The summed E-state index contributed by atoms with van der Waals surface area (Å²) in [4.78, 5) is 27.2. The van der Waals surface area contributed by atoms with Crippen LogP contribution in [-0.2, 0) is 11.3 Å². The Labute approximate surface area is 194 Å². The Morgan fingerprint density at radius 1 is 1.09 bits per heavy atom. The molecule has 6 nitrogen and oxygen atoms in total. The van der Waals surface area contributed by atoms with Gasteiger partial charge in [0.2, 0.25) is 0 Å². The second-order valence-corrected chi connectivity index (χ2v) is 8.12. The molecule has 0 radical (unpaired) electrons. The van der Waals surface area contributed by atoms with E-state index in [2.05, 4.69) is 23.7 Å². The molecule has 3 rings (SSSR count). The number of hydrogen-bond donors (Lipinski definition) is 1.